The minimum absolute atomic E-state index is 0.312. The highest BCUT2D eigenvalue weighted by atomic mass is 16.5. The van der Waals surface area contributed by atoms with E-state index < -0.39 is 12.0 Å². The van der Waals surface area contributed by atoms with Crippen molar-refractivity contribution in [2.45, 2.75) is 6.04 Å². The van der Waals surface area contributed by atoms with Gasteiger partial charge in [-0.3, -0.25) is 9.48 Å². The normalized spacial score (nSPS) is 12.6. The molecule has 0 amide bonds. The number of carbonyl (C=O) groups is 1. The maximum absolute atomic E-state index is 10.9. The number of ether oxygens (including phenoxy) is 1. The number of fused-ring (bicyclic) bond motifs is 1. The number of hydrogen-bond donors (Lipinski definition) is 2. The van der Waals surface area contributed by atoms with Crippen LogP contribution in [-0.2, 0) is 11.8 Å². The van der Waals surface area contributed by atoms with Crippen LogP contribution in [0.5, 0.6) is 5.75 Å². The van der Waals surface area contributed by atoms with Gasteiger partial charge in [-0.2, -0.15) is 5.10 Å². The molecule has 0 radical (unpaired) electrons. The summed E-state index contributed by atoms with van der Waals surface area (Å²) in [4.78, 5) is 10.9. The largest absolute Gasteiger partial charge is 0.496 e. The molecule has 3 N–H and O–H groups in total. The van der Waals surface area contributed by atoms with Gasteiger partial charge < -0.3 is 15.6 Å². The van der Waals surface area contributed by atoms with Crippen LogP contribution in [0.3, 0.4) is 0 Å². The minimum atomic E-state index is -1.16. The number of nitrogens with two attached hydrogens (primary N) is 1. The summed E-state index contributed by atoms with van der Waals surface area (Å²) >= 11 is 0. The summed E-state index contributed by atoms with van der Waals surface area (Å²) in [6.45, 7) is 0. The van der Waals surface area contributed by atoms with E-state index in [2.05, 4.69) is 5.10 Å². The molecule has 1 atom stereocenters. The molecule has 0 spiro atoms. The van der Waals surface area contributed by atoms with Gasteiger partial charge in [-0.25, -0.2) is 0 Å². The van der Waals surface area contributed by atoms with Crippen LogP contribution in [0.4, 0.5) is 0 Å². The van der Waals surface area contributed by atoms with Gasteiger partial charge in [0.2, 0.25) is 0 Å². The molecule has 1 heterocycles. The zero-order valence-corrected chi connectivity index (χ0v) is 9.54. The molecule has 0 aliphatic carbocycles. The highest BCUT2D eigenvalue weighted by Crippen LogP contribution is 2.30. The molecular weight excluding hydrogens is 222 g/mol. The predicted molar refractivity (Wildman–Crippen MR) is 61.8 cm³/mol. The zero-order chi connectivity index (χ0) is 12.6. The van der Waals surface area contributed by atoms with Gasteiger partial charge in [0.15, 0.2) is 0 Å². The van der Waals surface area contributed by atoms with E-state index in [9.17, 15) is 4.79 Å². The first kappa shape index (κ1) is 11.4. The fraction of sp³-hybridized carbons (Fsp3) is 0.273. The van der Waals surface area contributed by atoms with E-state index >= 15 is 0 Å². The monoisotopic (exact) mass is 235 g/mol. The van der Waals surface area contributed by atoms with Crippen molar-refractivity contribution in [1.29, 1.82) is 0 Å². The second-order valence-corrected chi connectivity index (χ2v) is 3.68. The van der Waals surface area contributed by atoms with E-state index in [1.807, 2.05) is 12.1 Å². The van der Waals surface area contributed by atoms with Crippen molar-refractivity contribution in [3.05, 3.63) is 23.9 Å². The fourth-order valence-corrected chi connectivity index (χ4v) is 1.82. The molecule has 17 heavy (non-hydrogen) atoms. The molecule has 0 fully saturated rings. The Hall–Kier alpha value is -2.08. The average molecular weight is 235 g/mol. The summed E-state index contributed by atoms with van der Waals surface area (Å²) in [7, 11) is 3.26. The smallest absolute Gasteiger partial charge is 0.326 e. The second-order valence-electron chi connectivity index (χ2n) is 3.68. The van der Waals surface area contributed by atoms with Gasteiger partial charge in [0.1, 0.15) is 17.5 Å². The van der Waals surface area contributed by atoms with Gasteiger partial charge in [-0.1, -0.05) is 6.07 Å². The molecule has 0 bridgehead atoms. The first-order chi connectivity index (χ1) is 8.06. The Morgan fingerprint density at radius 3 is 2.88 bits per heavy atom. The molecule has 1 aromatic carbocycles. The first-order valence-corrected chi connectivity index (χ1v) is 5.04. The molecule has 6 nitrogen and oxygen atoms in total. The summed E-state index contributed by atoms with van der Waals surface area (Å²) in [5.74, 6) is -0.543. The van der Waals surface area contributed by atoms with Crippen LogP contribution >= 0.6 is 0 Å². The maximum Gasteiger partial charge on any atom is 0.326 e. The standard InChI is InChI=1S/C11H13N3O3/c1-14-6-4-3-5-7(17-2)8(6)10(13-14)9(12)11(15)16/h3-5,9H,12H2,1-2H3,(H,15,16). The van der Waals surface area contributed by atoms with Crippen LogP contribution in [0.1, 0.15) is 11.7 Å². The van der Waals surface area contributed by atoms with E-state index in [1.54, 1.807) is 17.8 Å². The maximum atomic E-state index is 10.9. The van der Waals surface area contributed by atoms with E-state index in [0.717, 1.165) is 5.52 Å². The molecular formula is C11H13N3O3. The lowest BCUT2D eigenvalue weighted by molar-refractivity contribution is -0.138. The lowest BCUT2D eigenvalue weighted by atomic mass is 10.1. The lowest BCUT2D eigenvalue weighted by Crippen LogP contribution is -2.21. The minimum Gasteiger partial charge on any atom is -0.496 e. The van der Waals surface area contributed by atoms with Crippen molar-refractivity contribution in [2.24, 2.45) is 12.8 Å². The third-order valence-electron chi connectivity index (χ3n) is 2.65. The quantitative estimate of drug-likeness (QED) is 0.815. The second kappa shape index (κ2) is 4.06. The third-order valence-corrected chi connectivity index (χ3v) is 2.65. The molecule has 1 unspecified atom stereocenters. The van der Waals surface area contributed by atoms with Gasteiger partial charge in [0.05, 0.1) is 18.0 Å². The summed E-state index contributed by atoms with van der Waals surface area (Å²) in [6.07, 6.45) is 0. The van der Waals surface area contributed by atoms with Crippen LogP contribution in [0, 0.1) is 0 Å². The number of methoxy groups -OCH3 is 1. The molecule has 0 aliphatic heterocycles. The van der Waals surface area contributed by atoms with Crippen molar-refractivity contribution in [3.63, 3.8) is 0 Å². The average Bonchev–Trinajstić information content (AvgIpc) is 2.66. The van der Waals surface area contributed by atoms with Crippen molar-refractivity contribution >= 4 is 16.9 Å². The SMILES string of the molecule is COc1cccc2c1c(C(N)C(=O)O)nn2C. The third kappa shape index (κ3) is 1.72. The molecule has 2 aromatic rings. The number of aryl methyl sites for hydroxylation is 1. The highest BCUT2D eigenvalue weighted by Gasteiger charge is 2.23. The summed E-state index contributed by atoms with van der Waals surface area (Å²) in [5, 5.41) is 13.7. The highest BCUT2D eigenvalue weighted by molar-refractivity contribution is 5.92. The lowest BCUT2D eigenvalue weighted by Gasteiger charge is -2.06. The number of hydrogen-bond acceptors (Lipinski definition) is 4. The van der Waals surface area contributed by atoms with Crippen LogP contribution in [-0.4, -0.2) is 28.0 Å². The Bertz CT molecular complexity index is 577. The van der Waals surface area contributed by atoms with E-state index in [4.69, 9.17) is 15.6 Å². The number of carboxylic acids is 1. The Kier molecular flexibility index (Phi) is 2.72. The topological polar surface area (TPSA) is 90.4 Å². The number of carboxylic acid groups (broad SMARTS) is 1. The van der Waals surface area contributed by atoms with Crippen molar-refractivity contribution in [3.8, 4) is 5.75 Å². The fourth-order valence-electron chi connectivity index (χ4n) is 1.82. The first-order valence-electron chi connectivity index (χ1n) is 5.04. The Morgan fingerprint density at radius 2 is 2.29 bits per heavy atom. The van der Waals surface area contributed by atoms with Crippen LogP contribution in [0.2, 0.25) is 0 Å². The van der Waals surface area contributed by atoms with Gasteiger partial charge in [0, 0.05) is 7.05 Å². The molecule has 90 valence electrons. The van der Waals surface area contributed by atoms with Crippen LogP contribution < -0.4 is 10.5 Å². The van der Waals surface area contributed by atoms with Crippen LogP contribution in [0.15, 0.2) is 18.2 Å². The molecule has 1 aromatic heterocycles. The summed E-state index contributed by atoms with van der Waals surface area (Å²) < 4.78 is 6.80. The Balaban J connectivity index is 2.75. The Labute approximate surface area is 97.6 Å². The number of aliphatic carboxylic acids is 1. The zero-order valence-electron chi connectivity index (χ0n) is 9.54. The number of nitrogens with zero attached hydrogens (tertiary/aromatic N) is 2. The van der Waals surface area contributed by atoms with E-state index in [-0.39, 0.29) is 0 Å². The molecule has 0 aliphatic rings. The summed E-state index contributed by atoms with van der Waals surface area (Å²) in [5.41, 5.74) is 6.71. The Morgan fingerprint density at radius 1 is 1.59 bits per heavy atom. The van der Waals surface area contributed by atoms with Crippen LogP contribution in [0.25, 0.3) is 10.9 Å². The van der Waals surface area contributed by atoms with E-state index in [1.165, 1.54) is 7.11 Å². The van der Waals surface area contributed by atoms with Gasteiger partial charge in [-0.05, 0) is 12.1 Å². The molecule has 0 saturated carbocycles. The van der Waals surface area contributed by atoms with Gasteiger partial charge >= 0.3 is 5.97 Å². The van der Waals surface area contributed by atoms with Gasteiger partial charge in [0.25, 0.3) is 0 Å². The number of rotatable bonds is 3. The molecule has 0 saturated heterocycles. The molecule has 2 rings (SSSR count). The summed E-state index contributed by atoms with van der Waals surface area (Å²) in [6, 6.07) is 4.25. The number of benzene rings is 1. The van der Waals surface area contributed by atoms with Crippen molar-refractivity contribution in [2.75, 3.05) is 7.11 Å². The van der Waals surface area contributed by atoms with Gasteiger partial charge in [-0.15, -0.1) is 0 Å². The number of aromatic nitrogens is 2. The van der Waals surface area contributed by atoms with Crippen molar-refractivity contribution < 1.29 is 14.6 Å². The predicted octanol–water partition coefficient (Wildman–Crippen LogP) is 0.666. The van der Waals surface area contributed by atoms with Crippen molar-refractivity contribution in [1.82, 2.24) is 9.78 Å². The molecule has 6 heteroatoms. The van der Waals surface area contributed by atoms with E-state index in [0.29, 0.717) is 16.8 Å².